The van der Waals surface area contributed by atoms with E-state index in [4.69, 9.17) is 5.53 Å². The van der Waals surface area contributed by atoms with Crippen molar-refractivity contribution in [3.8, 4) is 0 Å². The van der Waals surface area contributed by atoms with Crippen molar-refractivity contribution in [1.29, 1.82) is 0 Å². The van der Waals surface area contributed by atoms with Gasteiger partial charge in [0.1, 0.15) is 0 Å². The molecule has 0 aliphatic heterocycles. The van der Waals surface area contributed by atoms with Crippen LogP contribution < -0.4 is 5.43 Å². The molecule has 0 heterocycles. The summed E-state index contributed by atoms with van der Waals surface area (Å²) in [7, 11) is 0. The van der Waals surface area contributed by atoms with Crippen molar-refractivity contribution in [3.63, 3.8) is 0 Å². The first-order valence-corrected chi connectivity index (χ1v) is 2.73. The van der Waals surface area contributed by atoms with Crippen molar-refractivity contribution < 1.29 is 9.53 Å². The summed E-state index contributed by atoms with van der Waals surface area (Å²) in [6.45, 7) is 1.94. The second kappa shape index (κ2) is 5.71. The van der Waals surface area contributed by atoms with Crippen LogP contribution in [-0.4, -0.2) is 19.1 Å². The van der Waals surface area contributed by atoms with Crippen molar-refractivity contribution in [2.24, 2.45) is 5.22 Å². The van der Waals surface area contributed by atoms with Crippen LogP contribution in [0, 0.1) is 0 Å². The smallest absolute Gasteiger partial charge is 0.348 e. The Kier molecular flexibility index (Phi) is 4.90. The Hall–Kier alpha value is -1.42. The lowest BCUT2D eigenvalue weighted by Crippen LogP contribution is -2.19. The molecule has 0 saturated heterocycles. The second-order valence-electron chi connectivity index (χ2n) is 1.33. The van der Waals surface area contributed by atoms with Crippen molar-refractivity contribution in [2.75, 3.05) is 13.2 Å². The van der Waals surface area contributed by atoms with Crippen LogP contribution in [0.25, 0.3) is 10.4 Å². The Morgan fingerprint density at radius 3 is 3.10 bits per heavy atom. The Morgan fingerprint density at radius 1 is 1.90 bits per heavy atom. The Bertz CT molecular complexity index is 151. The molecule has 0 fully saturated rings. The van der Waals surface area contributed by atoms with E-state index >= 15 is 0 Å². The molecule has 0 aliphatic carbocycles. The fourth-order valence-corrected chi connectivity index (χ4v) is 0.344. The van der Waals surface area contributed by atoms with Crippen LogP contribution in [0.15, 0.2) is 5.22 Å². The lowest BCUT2D eigenvalue weighted by atomic mass is 10.7. The summed E-state index contributed by atoms with van der Waals surface area (Å²) in [5.74, 6) is -0.435. The lowest BCUT2D eigenvalue weighted by molar-refractivity contribution is -0.141. The second-order valence-corrected chi connectivity index (χ2v) is 1.33. The van der Waals surface area contributed by atoms with Crippen LogP contribution in [0.1, 0.15) is 6.92 Å². The summed E-state index contributed by atoms with van der Waals surface area (Å²) >= 11 is 0. The average molecular weight is 144 g/mol. The quantitative estimate of drug-likeness (QED) is 0.203. The third kappa shape index (κ3) is 4.73. The molecule has 0 aromatic carbocycles. The van der Waals surface area contributed by atoms with E-state index in [1.54, 1.807) is 6.92 Å². The number of nitrogens with one attached hydrogen (secondary N) is 1. The highest BCUT2D eigenvalue weighted by atomic mass is 16.5. The van der Waals surface area contributed by atoms with Gasteiger partial charge in [-0.1, -0.05) is 0 Å². The topological polar surface area (TPSA) is 87.1 Å². The molecule has 0 bridgehead atoms. The molecule has 56 valence electrons. The molecule has 0 unspecified atom stereocenters. The minimum absolute atomic E-state index is 0.0854. The van der Waals surface area contributed by atoms with Crippen LogP contribution in [0.2, 0.25) is 0 Å². The number of nitrogens with zero attached hydrogens (tertiary/aromatic N) is 3. The van der Waals surface area contributed by atoms with E-state index in [2.05, 4.69) is 20.3 Å². The maximum absolute atomic E-state index is 10.4. The van der Waals surface area contributed by atoms with Gasteiger partial charge < -0.3 is 4.74 Å². The van der Waals surface area contributed by atoms with Gasteiger partial charge in [0.25, 0.3) is 0 Å². The summed E-state index contributed by atoms with van der Waals surface area (Å²) < 4.78 is 4.50. The number of ether oxygens (including phenoxy) is 1. The summed E-state index contributed by atoms with van der Waals surface area (Å²) in [5.41, 5.74) is 9.91. The SMILES string of the molecule is CCOC(=O)CNN=[N+]=[N-]. The van der Waals surface area contributed by atoms with Crippen molar-refractivity contribution in [3.05, 3.63) is 10.4 Å². The molecular formula is C4H8N4O2. The maximum Gasteiger partial charge on any atom is 0.348 e. The number of hydrogen-bond donors (Lipinski definition) is 1. The van der Waals surface area contributed by atoms with E-state index in [1.807, 2.05) is 0 Å². The van der Waals surface area contributed by atoms with Crippen molar-refractivity contribution >= 4 is 5.97 Å². The van der Waals surface area contributed by atoms with E-state index in [1.165, 1.54) is 0 Å². The number of hydrogen-bond acceptors (Lipinski definition) is 3. The molecule has 6 heteroatoms. The van der Waals surface area contributed by atoms with Gasteiger partial charge in [0, 0.05) is 0 Å². The molecule has 10 heavy (non-hydrogen) atoms. The third-order valence-corrected chi connectivity index (χ3v) is 0.644. The van der Waals surface area contributed by atoms with Gasteiger partial charge in [-0.05, 0) is 12.1 Å². The van der Waals surface area contributed by atoms with Gasteiger partial charge in [-0.2, -0.15) is 4.91 Å². The van der Waals surface area contributed by atoms with E-state index in [9.17, 15) is 4.79 Å². The van der Waals surface area contributed by atoms with Gasteiger partial charge in [-0.15, -0.1) is 5.53 Å². The minimum atomic E-state index is -0.435. The fraction of sp³-hybridized carbons (Fsp3) is 0.750. The number of esters is 1. The molecular weight excluding hydrogens is 136 g/mol. The van der Waals surface area contributed by atoms with Crippen LogP contribution in [-0.2, 0) is 9.53 Å². The monoisotopic (exact) mass is 144 g/mol. The first kappa shape index (κ1) is 8.58. The lowest BCUT2D eigenvalue weighted by Gasteiger charge is -1.96. The molecule has 0 atom stereocenters. The predicted molar refractivity (Wildman–Crippen MR) is 33.8 cm³/mol. The molecule has 0 rings (SSSR count). The van der Waals surface area contributed by atoms with Crippen LogP contribution in [0.3, 0.4) is 0 Å². The Morgan fingerprint density at radius 2 is 2.60 bits per heavy atom. The van der Waals surface area contributed by atoms with Gasteiger partial charge in [0.15, 0.2) is 6.54 Å². The van der Waals surface area contributed by atoms with Gasteiger partial charge in [-0.25, -0.2) is 10.2 Å². The summed E-state index contributed by atoms with van der Waals surface area (Å²) in [6.07, 6.45) is 0. The number of carbonyl (C=O) groups excluding carboxylic acids is 1. The van der Waals surface area contributed by atoms with E-state index in [0.717, 1.165) is 0 Å². The van der Waals surface area contributed by atoms with Crippen LogP contribution in [0.4, 0.5) is 0 Å². The van der Waals surface area contributed by atoms with E-state index in [0.29, 0.717) is 6.61 Å². The van der Waals surface area contributed by atoms with E-state index in [-0.39, 0.29) is 6.54 Å². The molecule has 6 nitrogen and oxygen atoms in total. The molecule has 0 spiro atoms. The largest absolute Gasteiger partial charge is 0.463 e. The van der Waals surface area contributed by atoms with Gasteiger partial charge >= 0.3 is 5.97 Å². The zero-order chi connectivity index (χ0) is 7.82. The summed E-state index contributed by atoms with van der Waals surface area (Å²) in [4.78, 5) is 12.8. The Labute approximate surface area is 57.8 Å². The van der Waals surface area contributed by atoms with Crippen molar-refractivity contribution in [2.45, 2.75) is 6.92 Å². The normalized spacial score (nSPS) is 7.70. The number of azide groups is 1. The van der Waals surface area contributed by atoms with Crippen LogP contribution in [0.5, 0.6) is 0 Å². The molecule has 0 radical (unpaired) electrons. The predicted octanol–water partition coefficient (Wildman–Crippen LogP) is 0.364. The zero-order valence-electron chi connectivity index (χ0n) is 5.57. The molecule has 1 N–H and O–H groups in total. The molecule has 0 aliphatic rings. The van der Waals surface area contributed by atoms with Crippen LogP contribution >= 0.6 is 0 Å². The summed E-state index contributed by atoms with van der Waals surface area (Å²) in [5, 5.41) is 2.92. The average Bonchev–Trinajstić information content (AvgIpc) is 1.89. The van der Waals surface area contributed by atoms with Gasteiger partial charge in [0.05, 0.1) is 6.61 Å². The highest BCUT2D eigenvalue weighted by Crippen LogP contribution is 1.74. The highest BCUT2D eigenvalue weighted by Gasteiger charge is 1.99. The maximum atomic E-state index is 10.4. The van der Waals surface area contributed by atoms with E-state index < -0.39 is 5.97 Å². The zero-order valence-corrected chi connectivity index (χ0v) is 5.57. The molecule has 0 amide bonds. The minimum Gasteiger partial charge on any atom is -0.463 e. The highest BCUT2D eigenvalue weighted by molar-refractivity contribution is 5.71. The first-order chi connectivity index (χ1) is 4.81. The number of rotatable bonds is 4. The molecule has 0 aromatic heterocycles. The summed E-state index contributed by atoms with van der Waals surface area (Å²) in [6, 6.07) is 0. The molecule has 0 aromatic rings. The first-order valence-electron chi connectivity index (χ1n) is 2.73. The van der Waals surface area contributed by atoms with Crippen molar-refractivity contribution in [1.82, 2.24) is 5.43 Å². The Balaban J connectivity index is 3.30. The van der Waals surface area contributed by atoms with Gasteiger partial charge in [0.2, 0.25) is 0 Å². The number of carbonyl (C=O) groups is 1. The third-order valence-electron chi connectivity index (χ3n) is 0.644. The fourth-order valence-electron chi connectivity index (χ4n) is 0.344. The molecule has 0 saturated carbocycles. The standard InChI is InChI=1S/C4H8N4O2/c1-2-10-4(9)3-6-8-7-5/h6H,2-3H2,1H3. The van der Waals surface area contributed by atoms with Gasteiger partial charge in [-0.3, -0.25) is 0 Å².